The number of benzene rings is 7. The topological polar surface area (TPSA) is 50.9 Å². The molecule has 3 aromatic heterocycles. The van der Waals surface area contributed by atoms with Gasteiger partial charge >= 0.3 is 0 Å². The molecule has 67 heavy (non-hydrogen) atoms. The Labute approximate surface area is 409 Å². The molecule has 0 bridgehead atoms. The van der Waals surface area contributed by atoms with E-state index in [0.29, 0.717) is 11.3 Å². The number of nitrogens with zero attached hydrogens (tertiary/aromatic N) is 3. The summed E-state index contributed by atoms with van der Waals surface area (Å²) < 4.78 is 2.44. The average molecular weight is 1050 g/mol. The minimum Gasteiger partial charge on any atom is -0.507 e. The maximum Gasteiger partial charge on any atom is 0.124 e. The van der Waals surface area contributed by atoms with Crippen molar-refractivity contribution >= 4 is 32.6 Å². The number of rotatable bonds is 6. The van der Waals surface area contributed by atoms with Crippen LogP contribution in [0.4, 0.5) is 0 Å². The van der Waals surface area contributed by atoms with Crippen LogP contribution in [0.5, 0.6) is 5.75 Å². The van der Waals surface area contributed by atoms with E-state index < -0.39 is 0 Å². The van der Waals surface area contributed by atoms with Crippen LogP contribution in [-0.4, -0.2) is 19.6 Å². The van der Waals surface area contributed by atoms with Crippen LogP contribution in [0.15, 0.2) is 170 Å². The molecule has 1 N–H and O–H groups in total. The van der Waals surface area contributed by atoms with Crippen molar-refractivity contribution < 1.29 is 26.2 Å². The Kier molecular flexibility index (Phi) is 11.7. The van der Waals surface area contributed by atoms with E-state index >= 15 is 0 Å². The molecule has 3 heterocycles. The SMILES string of the molecule is CC(C)(C)c1cc(-c2cc(-c3[c-]c(-c4cc(-c5cccc6c7ccccc7n(-c7ccc8cccc(C(C)(C)C)c8c7)c56)ccn4)ccc3)nc(-c3ccccc3O)c2)cc(C(C)(C)C)c1.[Pt]. The van der Waals surface area contributed by atoms with Gasteiger partial charge in [0.05, 0.1) is 16.7 Å². The maximum atomic E-state index is 11.1. The molecule has 0 radical (unpaired) electrons. The summed E-state index contributed by atoms with van der Waals surface area (Å²) in [5, 5.41) is 16.0. The zero-order chi connectivity index (χ0) is 46.1. The molecule has 0 spiro atoms. The summed E-state index contributed by atoms with van der Waals surface area (Å²) in [5.74, 6) is 0.190. The Bertz CT molecular complexity index is 3470. The number of phenolic OH excluding ortho intramolecular Hbond substituents is 1. The third-order valence-electron chi connectivity index (χ3n) is 13.0. The molecule has 0 aliphatic heterocycles. The Hall–Kier alpha value is -6.61. The van der Waals surface area contributed by atoms with Crippen LogP contribution in [0, 0.1) is 6.07 Å². The Morgan fingerprint density at radius 3 is 1.82 bits per heavy atom. The molecule has 0 atom stereocenters. The van der Waals surface area contributed by atoms with Crippen LogP contribution >= 0.6 is 0 Å². The van der Waals surface area contributed by atoms with Crippen molar-refractivity contribution in [2.75, 3.05) is 0 Å². The van der Waals surface area contributed by atoms with Crippen molar-refractivity contribution in [3.05, 3.63) is 193 Å². The van der Waals surface area contributed by atoms with Crippen molar-refractivity contribution in [2.24, 2.45) is 0 Å². The largest absolute Gasteiger partial charge is 0.507 e. The number of para-hydroxylation sites is 3. The first-order valence-electron chi connectivity index (χ1n) is 23.0. The first-order valence-corrected chi connectivity index (χ1v) is 23.0. The molecule has 336 valence electrons. The average Bonchev–Trinajstić information content (AvgIpc) is 3.65. The second-order valence-corrected chi connectivity index (χ2v) is 20.9. The van der Waals surface area contributed by atoms with Gasteiger partial charge in [-0.2, -0.15) is 0 Å². The second-order valence-electron chi connectivity index (χ2n) is 20.9. The molecule has 0 aliphatic carbocycles. The van der Waals surface area contributed by atoms with Crippen LogP contribution < -0.4 is 0 Å². The molecule has 4 nitrogen and oxygen atoms in total. The summed E-state index contributed by atoms with van der Waals surface area (Å²) in [7, 11) is 0. The van der Waals surface area contributed by atoms with Gasteiger partial charge in [0.2, 0.25) is 0 Å². The molecule has 10 rings (SSSR count). The van der Waals surface area contributed by atoms with Gasteiger partial charge in [-0.1, -0.05) is 177 Å². The van der Waals surface area contributed by atoms with E-state index in [1.54, 1.807) is 6.07 Å². The molecule has 5 heteroatoms. The number of pyridine rings is 2. The Morgan fingerprint density at radius 2 is 1.09 bits per heavy atom. The number of hydrogen-bond donors (Lipinski definition) is 1. The van der Waals surface area contributed by atoms with Crippen LogP contribution in [0.3, 0.4) is 0 Å². The fourth-order valence-corrected chi connectivity index (χ4v) is 9.41. The van der Waals surface area contributed by atoms with Crippen molar-refractivity contribution in [3.8, 4) is 67.5 Å². The Balaban J connectivity index is 0.00000562. The van der Waals surface area contributed by atoms with E-state index in [9.17, 15) is 5.11 Å². The summed E-state index contributed by atoms with van der Waals surface area (Å²) >= 11 is 0. The summed E-state index contributed by atoms with van der Waals surface area (Å²) in [6.07, 6.45) is 1.91. The zero-order valence-electron chi connectivity index (χ0n) is 39.8. The van der Waals surface area contributed by atoms with E-state index in [-0.39, 0.29) is 43.1 Å². The second kappa shape index (κ2) is 17.2. The van der Waals surface area contributed by atoms with Crippen molar-refractivity contribution in [3.63, 3.8) is 0 Å². The van der Waals surface area contributed by atoms with E-state index in [0.717, 1.165) is 56.0 Å². The monoisotopic (exact) mass is 1050 g/mol. The summed E-state index contributed by atoms with van der Waals surface area (Å²) in [6.45, 7) is 20.5. The Morgan fingerprint density at radius 1 is 0.478 bits per heavy atom. The quantitative estimate of drug-likeness (QED) is 0.169. The van der Waals surface area contributed by atoms with Crippen LogP contribution in [-0.2, 0) is 37.3 Å². The van der Waals surface area contributed by atoms with Gasteiger partial charge in [-0.3, -0.25) is 9.97 Å². The van der Waals surface area contributed by atoms with Crippen LogP contribution in [0.1, 0.15) is 79.0 Å². The third kappa shape index (κ3) is 8.65. The van der Waals surface area contributed by atoms with Gasteiger partial charge < -0.3 is 9.67 Å². The first-order chi connectivity index (χ1) is 31.5. The number of hydrogen-bond acceptors (Lipinski definition) is 3. The molecule has 0 saturated heterocycles. The maximum absolute atomic E-state index is 11.1. The van der Waals surface area contributed by atoms with Gasteiger partial charge in [0, 0.05) is 66.2 Å². The zero-order valence-corrected chi connectivity index (χ0v) is 42.0. The van der Waals surface area contributed by atoms with E-state index in [4.69, 9.17) is 9.97 Å². The van der Waals surface area contributed by atoms with Gasteiger partial charge in [-0.15, -0.1) is 24.3 Å². The predicted molar refractivity (Wildman–Crippen MR) is 278 cm³/mol. The number of fused-ring (bicyclic) bond motifs is 4. The summed E-state index contributed by atoms with van der Waals surface area (Å²) in [6, 6.07) is 61.8. The molecule has 0 amide bonds. The fourth-order valence-electron chi connectivity index (χ4n) is 9.41. The van der Waals surface area contributed by atoms with E-state index in [1.807, 2.05) is 24.4 Å². The molecule has 10 aromatic rings. The minimum atomic E-state index is -0.0509. The van der Waals surface area contributed by atoms with Gasteiger partial charge in [0.25, 0.3) is 0 Å². The molecule has 0 unspecified atom stereocenters. The number of phenols is 1. The van der Waals surface area contributed by atoms with Crippen molar-refractivity contribution in [1.29, 1.82) is 0 Å². The molecular weight excluding hydrogens is 998 g/mol. The predicted octanol–water partition coefficient (Wildman–Crippen LogP) is 16.5. The third-order valence-corrected chi connectivity index (χ3v) is 13.0. The standard InChI is InChI=1S/C62H56N3O.Pt/c1-60(2,3)45-32-43(33-46(37-45)61(4,5)6)44-35-55(64-56(36-44)51-21-11-13-26-58(51)66)42-19-14-18-41(31-42)54-34-40(29-30-63-54)48-22-16-23-50-49-20-10-12-25-57(49)65(59(48)50)47-28-27-39-17-15-24-53(52(39)38-47)62(7,8)9;/h10-30,32-38,66H,1-9H3;/q-1;. The van der Waals surface area contributed by atoms with Gasteiger partial charge in [0.15, 0.2) is 0 Å². The molecule has 0 saturated carbocycles. The van der Waals surface area contributed by atoms with Crippen LogP contribution in [0.25, 0.3) is 94.3 Å². The molecule has 0 fully saturated rings. The smallest absolute Gasteiger partial charge is 0.124 e. The summed E-state index contributed by atoms with van der Waals surface area (Å²) in [5.41, 5.74) is 16.2. The van der Waals surface area contributed by atoms with Gasteiger partial charge in [-0.25, -0.2) is 0 Å². The fraction of sp³-hybridized carbons (Fsp3) is 0.194. The number of aromatic nitrogens is 3. The molecule has 0 aliphatic rings. The number of aromatic hydroxyl groups is 1. The first kappa shape index (κ1) is 45.5. The normalized spacial score (nSPS) is 12.2. The summed E-state index contributed by atoms with van der Waals surface area (Å²) in [4.78, 5) is 10.2. The molecule has 7 aromatic carbocycles. The molecular formula is C62H56N3OPt-. The minimum absolute atomic E-state index is 0. The van der Waals surface area contributed by atoms with Crippen LogP contribution in [0.2, 0.25) is 0 Å². The van der Waals surface area contributed by atoms with Crippen molar-refractivity contribution in [1.82, 2.24) is 14.5 Å². The van der Waals surface area contributed by atoms with Crippen molar-refractivity contribution in [2.45, 2.75) is 78.6 Å². The van der Waals surface area contributed by atoms with Gasteiger partial charge in [-0.05, 0) is 103 Å². The van der Waals surface area contributed by atoms with E-state index in [2.05, 4.69) is 212 Å². The van der Waals surface area contributed by atoms with Gasteiger partial charge in [0.1, 0.15) is 5.75 Å². The van der Waals surface area contributed by atoms with E-state index in [1.165, 1.54) is 43.8 Å².